The molecule has 9 nitrogen and oxygen atoms in total. The van der Waals surface area contributed by atoms with Crippen LogP contribution < -0.4 is 10.1 Å². The van der Waals surface area contributed by atoms with Gasteiger partial charge in [-0.1, -0.05) is 12.1 Å². The van der Waals surface area contributed by atoms with Crippen molar-refractivity contribution in [3.8, 4) is 17.7 Å². The van der Waals surface area contributed by atoms with E-state index in [-0.39, 0.29) is 17.4 Å². The molecule has 0 saturated carbocycles. The van der Waals surface area contributed by atoms with E-state index in [0.29, 0.717) is 61.2 Å². The quantitative estimate of drug-likeness (QED) is 0.370. The van der Waals surface area contributed by atoms with Gasteiger partial charge in [-0.05, 0) is 60.2 Å². The van der Waals surface area contributed by atoms with Gasteiger partial charge in [0.15, 0.2) is 0 Å². The van der Waals surface area contributed by atoms with Gasteiger partial charge in [0, 0.05) is 45.0 Å². The molecule has 2 aromatic heterocycles. The number of aromatic nitrogens is 2. The van der Waals surface area contributed by atoms with E-state index >= 15 is 0 Å². The minimum Gasteiger partial charge on any atom is -0.439 e. The van der Waals surface area contributed by atoms with Gasteiger partial charge < -0.3 is 15.0 Å². The van der Waals surface area contributed by atoms with Gasteiger partial charge in [0.2, 0.25) is 5.88 Å². The van der Waals surface area contributed by atoms with E-state index in [0.717, 1.165) is 5.56 Å². The number of halogens is 1. The van der Waals surface area contributed by atoms with Crippen molar-refractivity contribution in [2.24, 2.45) is 0 Å². The fraction of sp³-hybridized carbons (Fsp3) is 0.167. The van der Waals surface area contributed by atoms with Crippen molar-refractivity contribution in [2.75, 3.05) is 31.5 Å². The number of anilines is 1. The zero-order chi connectivity index (χ0) is 27.9. The number of nitrogens with one attached hydrogen (secondary N) is 1. The molecule has 0 aliphatic carbocycles. The Morgan fingerprint density at radius 3 is 2.27 bits per heavy atom. The van der Waals surface area contributed by atoms with Gasteiger partial charge in [-0.15, -0.1) is 0 Å². The van der Waals surface area contributed by atoms with Crippen LogP contribution in [-0.2, 0) is 6.54 Å². The lowest BCUT2D eigenvalue weighted by Crippen LogP contribution is -2.48. The van der Waals surface area contributed by atoms with Gasteiger partial charge in [0.05, 0.1) is 29.1 Å². The second kappa shape index (κ2) is 12.1. The average Bonchev–Trinajstić information content (AvgIpc) is 3.00. The third-order valence-corrected chi connectivity index (χ3v) is 6.42. The lowest BCUT2D eigenvalue weighted by molar-refractivity contribution is 0.0627. The Labute approximate surface area is 230 Å². The SMILES string of the molecule is N#Cc1ccc(Oc2ccc(NC(=O)c3ccc(C(=O)N4CCN(Cc5ccc(F)cc5)CC4)cn3)cn2)cc1. The van der Waals surface area contributed by atoms with Gasteiger partial charge in [0.25, 0.3) is 11.8 Å². The number of pyridine rings is 2. The van der Waals surface area contributed by atoms with Crippen LogP contribution in [0.25, 0.3) is 0 Å². The molecule has 2 amide bonds. The molecule has 0 atom stereocenters. The second-order valence-corrected chi connectivity index (χ2v) is 9.20. The first-order valence-corrected chi connectivity index (χ1v) is 12.6. The molecule has 0 spiro atoms. The zero-order valence-corrected chi connectivity index (χ0v) is 21.5. The number of carbonyl (C=O) groups is 2. The molecule has 1 aliphatic rings. The van der Waals surface area contributed by atoms with Crippen LogP contribution >= 0.6 is 0 Å². The van der Waals surface area contributed by atoms with Crippen LogP contribution in [0.15, 0.2) is 85.2 Å². The number of piperazine rings is 1. The number of nitrogens with zero attached hydrogens (tertiary/aromatic N) is 5. The van der Waals surface area contributed by atoms with Crippen LogP contribution in [0.1, 0.15) is 32.0 Å². The average molecular weight is 537 g/mol. The summed E-state index contributed by atoms with van der Waals surface area (Å²) in [5.74, 6) is 0.0438. The Morgan fingerprint density at radius 2 is 1.65 bits per heavy atom. The first-order chi connectivity index (χ1) is 19.5. The number of hydrogen-bond donors (Lipinski definition) is 1. The number of hydrogen-bond acceptors (Lipinski definition) is 7. The number of benzene rings is 2. The Balaban J connectivity index is 1.11. The van der Waals surface area contributed by atoms with Crippen LogP contribution in [0.3, 0.4) is 0 Å². The van der Waals surface area contributed by atoms with Gasteiger partial charge in [-0.3, -0.25) is 19.5 Å². The van der Waals surface area contributed by atoms with Crippen molar-refractivity contribution in [1.82, 2.24) is 19.8 Å². The summed E-state index contributed by atoms with van der Waals surface area (Å²) in [5, 5.41) is 11.6. The molecule has 200 valence electrons. The van der Waals surface area contributed by atoms with E-state index in [4.69, 9.17) is 10.00 Å². The minimum atomic E-state index is -0.434. The molecule has 40 heavy (non-hydrogen) atoms. The Hall–Kier alpha value is -5.14. The van der Waals surface area contributed by atoms with Crippen molar-refractivity contribution in [2.45, 2.75) is 6.54 Å². The van der Waals surface area contributed by atoms with Gasteiger partial charge >= 0.3 is 0 Å². The van der Waals surface area contributed by atoms with Crippen LogP contribution in [0.5, 0.6) is 11.6 Å². The standard InChI is InChI=1S/C30H25FN6O3/c31-24-6-1-22(2-7-24)20-36-13-15-37(16-14-36)30(39)23-5-11-27(33-18-23)29(38)35-25-8-12-28(34-19-25)40-26-9-3-21(17-32)4-10-26/h1-12,18-19H,13-16,20H2,(H,35,38). The van der Waals surface area contributed by atoms with E-state index in [1.807, 2.05) is 6.07 Å². The van der Waals surface area contributed by atoms with Crippen molar-refractivity contribution in [3.05, 3.63) is 113 Å². The van der Waals surface area contributed by atoms with Crippen molar-refractivity contribution < 1.29 is 18.7 Å². The molecule has 1 saturated heterocycles. The molecule has 0 unspecified atom stereocenters. The van der Waals surface area contributed by atoms with Crippen LogP contribution in [0, 0.1) is 17.1 Å². The fourth-order valence-corrected chi connectivity index (χ4v) is 4.22. The predicted molar refractivity (Wildman–Crippen MR) is 145 cm³/mol. The van der Waals surface area contributed by atoms with Gasteiger partial charge in [-0.25, -0.2) is 9.37 Å². The summed E-state index contributed by atoms with van der Waals surface area (Å²) in [6.07, 6.45) is 2.87. The molecule has 3 heterocycles. The molecule has 0 radical (unpaired) electrons. The van der Waals surface area contributed by atoms with Gasteiger partial charge in [0.1, 0.15) is 17.3 Å². The number of rotatable bonds is 7. The Kier molecular flexibility index (Phi) is 8.04. The third kappa shape index (κ3) is 6.64. The smallest absolute Gasteiger partial charge is 0.274 e. The Bertz CT molecular complexity index is 1510. The van der Waals surface area contributed by atoms with E-state index < -0.39 is 5.91 Å². The van der Waals surface area contributed by atoms with Crippen LogP contribution in [0.4, 0.5) is 10.1 Å². The summed E-state index contributed by atoms with van der Waals surface area (Å²) >= 11 is 0. The largest absolute Gasteiger partial charge is 0.439 e. The van der Waals surface area contributed by atoms with E-state index in [1.165, 1.54) is 30.6 Å². The van der Waals surface area contributed by atoms with Crippen LogP contribution in [-0.4, -0.2) is 57.8 Å². The molecule has 2 aromatic carbocycles. The molecule has 4 aromatic rings. The number of nitriles is 1. The lowest BCUT2D eigenvalue weighted by Gasteiger charge is -2.34. The normalized spacial score (nSPS) is 13.3. The predicted octanol–water partition coefficient (Wildman–Crippen LogP) is 4.49. The summed E-state index contributed by atoms with van der Waals surface area (Å²) in [6, 6.07) is 21.5. The van der Waals surface area contributed by atoms with Crippen molar-refractivity contribution in [1.29, 1.82) is 5.26 Å². The third-order valence-electron chi connectivity index (χ3n) is 6.42. The van der Waals surface area contributed by atoms with Crippen molar-refractivity contribution >= 4 is 17.5 Å². The topological polar surface area (TPSA) is 111 Å². The molecule has 1 N–H and O–H groups in total. The van der Waals surface area contributed by atoms with E-state index in [9.17, 15) is 14.0 Å². The molecule has 10 heteroatoms. The highest BCUT2D eigenvalue weighted by atomic mass is 19.1. The molecule has 5 rings (SSSR count). The number of carbonyl (C=O) groups excluding carboxylic acids is 2. The highest BCUT2D eigenvalue weighted by Gasteiger charge is 2.23. The Morgan fingerprint density at radius 1 is 0.900 bits per heavy atom. The van der Waals surface area contributed by atoms with E-state index in [1.54, 1.807) is 59.5 Å². The summed E-state index contributed by atoms with van der Waals surface area (Å²) in [5.41, 5.74) is 2.59. The molecule has 1 aliphatic heterocycles. The summed E-state index contributed by atoms with van der Waals surface area (Å²) in [4.78, 5) is 38.0. The lowest BCUT2D eigenvalue weighted by atomic mass is 10.1. The highest BCUT2D eigenvalue weighted by molar-refractivity contribution is 6.03. The maximum atomic E-state index is 13.1. The van der Waals surface area contributed by atoms with Gasteiger partial charge in [-0.2, -0.15) is 5.26 Å². The first kappa shape index (κ1) is 26.5. The fourth-order valence-electron chi connectivity index (χ4n) is 4.22. The minimum absolute atomic E-state index is 0.136. The molecular formula is C30H25FN6O3. The number of ether oxygens (including phenoxy) is 1. The highest BCUT2D eigenvalue weighted by Crippen LogP contribution is 2.21. The maximum Gasteiger partial charge on any atom is 0.274 e. The zero-order valence-electron chi connectivity index (χ0n) is 21.5. The second-order valence-electron chi connectivity index (χ2n) is 9.20. The molecule has 1 fully saturated rings. The monoisotopic (exact) mass is 536 g/mol. The van der Waals surface area contributed by atoms with Crippen molar-refractivity contribution in [3.63, 3.8) is 0 Å². The molecule has 0 bridgehead atoms. The summed E-state index contributed by atoms with van der Waals surface area (Å²) < 4.78 is 18.8. The number of amides is 2. The molecular weight excluding hydrogens is 511 g/mol. The summed E-state index contributed by atoms with van der Waals surface area (Å²) in [6.45, 7) is 3.27. The van der Waals surface area contributed by atoms with E-state index in [2.05, 4.69) is 20.2 Å². The maximum absolute atomic E-state index is 13.1. The van der Waals surface area contributed by atoms with Crippen LogP contribution in [0.2, 0.25) is 0 Å². The first-order valence-electron chi connectivity index (χ1n) is 12.6. The summed E-state index contributed by atoms with van der Waals surface area (Å²) in [7, 11) is 0.